The molecule has 0 fully saturated rings. The van der Waals surface area contributed by atoms with E-state index < -0.39 is 0 Å². The van der Waals surface area contributed by atoms with Crippen LogP contribution in [0, 0.1) is 29.6 Å². The number of nitrogen functional groups attached to an aromatic ring is 1. The monoisotopic (exact) mass is 575 g/mol. The van der Waals surface area contributed by atoms with E-state index in [1.54, 1.807) is 57.7 Å². The van der Waals surface area contributed by atoms with Crippen molar-refractivity contribution in [3.05, 3.63) is 65.0 Å². The second kappa shape index (κ2) is 14.6. The fourth-order valence-corrected chi connectivity index (χ4v) is 4.74. The Bertz CT molecular complexity index is 1570. The van der Waals surface area contributed by atoms with Crippen LogP contribution in [0.2, 0.25) is 0 Å². The van der Waals surface area contributed by atoms with Gasteiger partial charge in [0, 0.05) is 16.9 Å². The van der Waals surface area contributed by atoms with Crippen LogP contribution in [0.1, 0.15) is 22.6 Å². The third kappa shape index (κ3) is 7.07. The van der Waals surface area contributed by atoms with Crippen molar-refractivity contribution in [2.75, 3.05) is 40.3 Å². The normalized spacial score (nSPS) is 10.1. The largest absolute Gasteiger partial charge is 0.497 e. The van der Waals surface area contributed by atoms with Gasteiger partial charge in [-0.05, 0) is 42.8 Å². The zero-order valence-electron chi connectivity index (χ0n) is 23.0. The van der Waals surface area contributed by atoms with Crippen LogP contribution in [0.5, 0.6) is 17.2 Å². The molecule has 0 bridgehead atoms. The van der Waals surface area contributed by atoms with Crippen LogP contribution in [-0.2, 0) is 5.75 Å². The van der Waals surface area contributed by atoms with Crippen molar-refractivity contribution in [3.8, 4) is 52.0 Å². The van der Waals surface area contributed by atoms with Crippen LogP contribution in [0.3, 0.4) is 0 Å². The van der Waals surface area contributed by atoms with Gasteiger partial charge in [-0.15, -0.1) is 0 Å². The summed E-state index contributed by atoms with van der Waals surface area (Å²) in [6.07, 6.45) is 0. The second-order valence-electron chi connectivity index (χ2n) is 8.21. The lowest BCUT2D eigenvalue weighted by molar-refractivity contribution is 0.186. The first-order valence-electron chi connectivity index (χ1n) is 12.2. The first-order valence-corrected chi connectivity index (χ1v) is 13.1. The van der Waals surface area contributed by atoms with E-state index >= 15 is 0 Å². The highest BCUT2D eigenvalue weighted by molar-refractivity contribution is 7.98. The molecule has 0 amide bonds. The Morgan fingerprint density at radius 2 is 1.51 bits per heavy atom. The van der Waals surface area contributed by atoms with E-state index in [-0.39, 0.29) is 30.2 Å². The summed E-state index contributed by atoms with van der Waals surface area (Å²) < 4.78 is 21.8. The summed E-state index contributed by atoms with van der Waals surface area (Å²) in [5.74, 6) is 3.31. The second-order valence-corrected chi connectivity index (χ2v) is 9.17. The van der Waals surface area contributed by atoms with Gasteiger partial charge < -0.3 is 34.6 Å². The number of aromatic nitrogens is 2. The number of aliphatic hydroxyl groups excluding tert-OH is 2. The number of nitrogens with zero attached hydrogens (tertiary/aromatic N) is 4. The molecule has 0 aliphatic rings. The van der Waals surface area contributed by atoms with E-state index in [9.17, 15) is 10.5 Å². The van der Waals surface area contributed by atoms with Gasteiger partial charge in [0.05, 0.1) is 45.8 Å². The third-order valence-electron chi connectivity index (χ3n) is 5.76. The molecule has 0 unspecified atom stereocenters. The summed E-state index contributed by atoms with van der Waals surface area (Å²) in [6, 6.07) is 16.8. The number of pyridine rings is 1. The quantitative estimate of drug-likeness (QED) is 0.241. The van der Waals surface area contributed by atoms with Gasteiger partial charge in [0.2, 0.25) is 5.89 Å². The number of aryl methyl sites for hydroxylation is 1. The van der Waals surface area contributed by atoms with Crippen LogP contribution < -0.4 is 19.9 Å². The zero-order chi connectivity index (χ0) is 29.9. The predicted octanol–water partition coefficient (Wildman–Crippen LogP) is 4.33. The van der Waals surface area contributed by atoms with Gasteiger partial charge in [-0.1, -0.05) is 23.9 Å². The summed E-state index contributed by atoms with van der Waals surface area (Å²) in [5.41, 5.74) is 9.08. The minimum atomic E-state index is -0.125. The van der Waals surface area contributed by atoms with Crippen LogP contribution in [0.15, 0.2) is 51.9 Å². The molecule has 11 nitrogen and oxygen atoms in total. The number of nitriles is 2. The molecule has 2 heterocycles. The van der Waals surface area contributed by atoms with Crippen LogP contribution in [-0.4, -0.2) is 54.7 Å². The highest BCUT2D eigenvalue weighted by Crippen LogP contribution is 2.38. The average Bonchev–Trinajstić information content (AvgIpc) is 3.39. The SMILES string of the molecule is COc1ccc(-c2c(C#N)c(N)nc(SCc3nc(-c4ccc(OC)c(OC)c4)oc3C)c2C#N)cc1.OCCO. The fourth-order valence-electron chi connectivity index (χ4n) is 3.74. The molecule has 2 aromatic carbocycles. The molecule has 4 N–H and O–H groups in total. The fraction of sp³-hybridized carbons (Fsp3) is 0.241. The highest BCUT2D eigenvalue weighted by atomic mass is 32.2. The number of aliphatic hydroxyl groups is 2. The van der Waals surface area contributed by atoms with Crippen molar-refractivity contribution in [2.45, 2.75) is 17.7 Å². The molecule has 0 radical (unpaired) electrons. The van der Waals surface area contributed by atoms with E-state index in [0.29, 0.717) is 56.5 Å². The molecule has 41 heavy (non-hydrogen) atoms. The number of rotatable bonds is 9. The zero-order valence-corrected chi connectivity index (χ0v) is 23.8. The lowest BCUT2D eigenvalue weighted by Crippen LogP contribution is -2.03. The van der Waals surface area contributed by atoms with Crippen LogP contribution >= 0.6 is 11.8 Å². The summed E-state index contributed by atoms with van der Waals surface area (Å²) in [6.45, 7) is 1.57. The van der Waals surface area contributed by atoms with E-state index in [0.717, 1.165) is 5.56 Å². The number of oxazole rings is 1. The van der Waals surface area contributed by atoms with Crippen molar-refractivity contribution >= 4 is 17.6 Å². The van der Waals surface area contributed by atoms with Crippen molar-refractivity contribution in [3.63, 3.8) is 0 Å². The van der Waals surface area contributed by atoms with Crippen LogP contribution in [0.4, 0.5) is 5.82 Å². The Morgan fingerprint density at radius 3 is 2.07 bits per heavy atom. The molecule has 0 saturated heterocycles. The van der Waals surface area contributed by atoms with E-state index in [1.165, 1.54) is 11.8 Å². The molecular weight excluding hydrogens is 546 g/mol. The lowest BCUT2D eigenvalue weighted by atomic mass is 9.97. The van der Waals surface area contributed by atoms with Gasteiger partial charge in [-0.3, -0.25) is 0 Å². The van der Waals surface area contributed by atoms with Gasteiger partial charge in [0.25, 0.3) is 0 Å². The molecule has 0 saturated carbocycles. The van der Waals surface area contributed by atoms with Crippen molar-refractivity contribution in [2.24, 2.45) is 0 Å². The maximum Gasteiger partial charge on any atom is 0.226 e. The predicted molar refractivity (Wildman–Crippen MR) is 154 cm³/mol. The molecule has 4 aromatic rings. The Hall–Kier alpha value is -4.75. The number of ether oxygens (including phenoxy) is 3. The van der Waals surface area contributed by atoms with E-state index in [1.807, 2.05) is 13.0 Å². The van der Waals surface area contributed by atoms with Crippen molar-refractivity contribution < 1.29 is 28.8 Å². The summed E-state index contributed by atoms with van der Waals surface area (Å²) in [4.78, 5) is 9.01. The molecule has 4 rings (SSSR count). The third-order valence-corrected chi connectivity index (χ3v) is 6.75. The molecule has 0 aliphatic carbocycles. The highest BCUT2D eigenvalue weighted by Gasteiger charge is 2.22. The minimum Gasteiger partial charge on any atom is -0.497 e. The average molecular weight is 576 g/mol. The Morgan fingerprint density at radius 1 is 0.878 bits per heavy atom. The van der Waals surface area contributed by atoms with Gasteiger partial charge in [-0.25, -0.2) is 9.97 Å². The Kier molecular flexibility index (Phi) is 11.0. The Labute approximate surface area is 241 Å². The van der Waals surface area contributed by atoms with E-state index in [2.05, 4.69) is 22.1 Å². The van der Waals surface area contributed by atoms with Gasteiger partial charge in [-0.2, -0.15) is 10.5 Å². The van der Waals surface area contributed by atoms with Crippen LogP contribution in [0.25, 0.3) is 22.6 Å². The van der Waals surface area contributed by atoms with E-state index in [4.69, 9.17) is 34.6 Å². The summed E-state index contributed by atoms with van der Waals surface area (Å²) >= 11 is 1.30. The minimum absolute atomic E-state index is 0.0534. The smallest absolute Gasteiger partial charge is 0.226 e. The lowest BCUT2D eigenvalue weighted by Gasteiger charge is -2.13. The molecule has 0 aliphatic heterocycles. The maximum absolute atomic E-state index is 10.0. The van der Waals surface area contributed by atoms with Gasteiger partial charge >= 0.3 is 0 Å². The van der Waals surface area contributed by atoms with Crippen molar-refractivity contribution in [1.29, 1.82) is 10.5 Å². The molecule has 0 atom stereocenters. The number of nitrogens with two attached hydrogens (primary N) is 1. The number of benzene rings is 2. The maximum atomic E-state index is 10.0. The number of hydrogen-bond donors (Lipinski definition) is 3. The van der Waals surface area contributed by atoms with Gasteiger partial charge in [0.1, 0.15) is 40.1 Å². The number of hydrogen-bond acceptors (Lipinski definition) is 12. The molecule has 212 valence electrons. The number of anilines is 1. The summed E-state index contributed by atoms with van der Waals surface area (Å²) in [5, 5.41) is 35.4. The topological polar surface area (TPSA) is 181 Å². The standard InChI is InChI=1S/C27H23N5O4S.C2H6O2/c1-15-21(31-26(36-15)17-7-10-22(34-3)23(11-17)35-4)14-37-27-20(13-29)24(19(12-28)25(30)32-27)16-5-8-18(33-2)9-6-16;3-1-2-4/h5-11H,14H2,1-4H3,(H2,30,32);3-4H,1-2H2. The van der Waals surface area contributed by atoms with Crippen molar-refractivity contribution in [1.82, 2.24) is 9.97 Å². The number of thioether (sulfide) groups is 1. The Balaban J connectivity index is 0.00000108. The number of methoxy groups -OCH3 is 3. The first kappa shape index (κ1) is 30.8. The molecule has 2 aromatic heterocycles. The molecule has 12 heteroatoms. The van der Waals surface area contributed by atoms with Gasteiger partial charge in [0.15, 0.2) is 11.5 Å². The first-order chi connectivity index (χ1) is 19.8. The molecule has 0 spiro atoms. The molecular formula is C29H29N5O6S. The summed E-state index contributed by atoms with van der Waals surface area (Å²) in [7, 11) is 4.70.